The van der Waals surface area contributed by atoms with E-state index in [0.29, 0.717) is 6.54 Å². The van der Waals surface area contributed by atoms with Crippen LogP contribution in [-0.2, 0) is 0 Å². The highest BCUT2D eigenvalue weighted by molar-refractivity contribution is 5.94. The maximum absolute atomic E-state index is 13.3. The van der Waals surface area contributed by atoms with Crippen LogP contribution in [0.2, 0.25) is 0 Å². The summed E-state index contributed by atoms with van der Waals surface area (Å²) in [6, 6.07) is 1.96. The Morgan fingerprint density at radius 3 is 2.50 bits per heavy atom. The summed E-state index contributed by atoms with van der Waals surface area (Å²) >= 11 is 0. The Morgan fingerprint density at radius 2 is 1.94 bits per heavy atom. The number of halogens is 2. The Balaban J connectivity index is 2.87. The molecule has 1 rings (SSSR count). The van der Waals surface area contributed by atoms with E-state index in [1.54, 1.807) is 0 Å². The van der Waals surface area contributed by atoms with E-state index >= 15 is 0 Å². The molecule has 1 aromatic rings. The van der Waals surface area contributed by atoms with E-state index in [1.807, 2.05) is 13.8 Å². The third-order valence-electron chi connectivity index (χ3n) is 2.16. The van der Waals surface area contributed by atoms with Gasteiger partial charge in [0, 0.05) is 12.6 Å². The smallest absolute Gasteiger partial charge is 0.254 e. The molecule has 0 aliphatic heterocycles. The number of hydrogen-bond acceptors (Lipinski definition) is 1. The highest BCUT2D eigenvalue weighted by Gasteiger charge is 2.14. The first-order chi connectivity index (χ1) is 7.41. The minimum Gasteiger partial charge on any atom is -0.352 e. The Labute approximate surface area is 93.7 Å². The molecule has 0 saturated carbocycles. The minimum atomic E-state index is -0.829. The quantitative estimate of drug-likeness (QED) is 0.845. The number of carbonyl (C=O) groups excluding carboxylic acids is 1. The first-order valence-corrected chi connectivity index (χ1v) is 5.15. The molecule has 0 radical (unpaired) electrons. The average Bonchev–Trinajstić information content (AvgIpc) is 2.20. The Bertz CT molecular complexity index is 402. The SMILES string of the molecule is Cc1cc(C(=O)NCC(C)C)c(F)cc1F. The van der Waals surface area contributed by atoms with E-state index in [-0.39, 0.29) is 17.0 Å². The molecule has 1 aromatic carbocycles. The highest BCUT2D eigenvalue weighted by atomic mass is 19.1. The molecule has 88 valence electrons. The van der Waals surface area contributed by atoms with Gasteiger partial charge in [0.15, 0.2) is 0 Å². The molecule has 16 heavy (non-hydrogen) atoms. The Hall–Kier alpha value is -1.45. The second-order valence-electron chi connectivity index (χ2n) is 4.19. The number of aryl methyl sites for hydroxylation is 1. The summed E-state index contributed by atoms with van der Waals surface area (Å²) in [5.74, 6) is -1.69. The zero-order valence-corrected chi connectivity index (χ0v) is 9.60. The average molecular weight is 227 g/mol. The number of hydrogen-bond donors (Lipinski definition) is 1. The molecule has 0 fully saturated rings. The molecular formula is C12H15F2NO. The molecule has 0 spiro atoms. The molecule has 1 N–H and O–H groups in total. The van der Waals surface area contributed by atoms with Crippen LogP contribution >= 0.6 is 0 Å². The van der Waals surface area contributed by atoms with Gasteiger partial charge in [0.2, 0.25) is 0 Å². The normalized spacial score (nSPS) is 10.6. The van der Waals surface area contributed by atoms with Gasteiger partial charge in [-0.25, -0.2) is 8.78 Å². The molecule has 0 saturated heterocycles. The Kier molecular flexibility index (Phi) is 3.99. The van der Waals surface area contributed by atoms with Gasteiger partial charge in [0.1, 0.15) is 11.6 Å². The number of rotatable bonds is 3. The number of nitrogens with one attached hydrogen (secondary N) is 1. The van der Waals surface area contributed by atoms with Gasteiger partial charge in [-0.15, -0.1) is 0 Å². The lowest BCUT2D eigenvalue weighted by Gasteiger charge is -2.09. The van der Waals surface area contributed by atoms with Crippen molar-refractivity contribution in [2.45, 2.75) is 20.8 Å². The van der Waals surface area contributed by atoms with Crippen molar-refractivity contribution in [3.05, 3.63) is 34.9 Å². The summed E-state index contributed by atoms with van der Waals surface area (Å²) < 4.78 is 26.3. The first-order valence-electron chi connectivity index (χ1n) is 5.15. The predicted molar refractivity (Wildman–Crippen MR) is 58.3 cm³/mol. The lowest BCUT2D eigenvalue weighted by Crippen LogP contribution is -2.28. The standard InChI is InChI=1S/C12H15F2NO/c1-7(2)6-15-12(16)9-4-8(3)10(13)5-11(9)14/h4-5,7H,6H2,1-3H3,(H,15,16). The summed E-state index contributed by atoms with van der Waals surface area (Å²) in [4.78, 5) is 11.6. The van der Waals surface area contributed by atoms with Crippen molar-refractivity contribution in [2.75, 3.05) is 6.54 Å². The molecule has 0 unspecified atom stereocenters. The fourth-order valence-corrected chi connectivity index (χ4v) is 1.22. The molecule has 0 aromatic heterocycles. The fourth-order valence-electron chi connectivity index (χ4n) is 1.22. The zero-order chi connectivity index (χ0) is 12.3. The van der Waals surface area contributed by atoms with Gasteiger partial charge in [-0.1, -0.05) is 13.8 Å². The van der Waals surface area contributed by atoms with Gasteiger partial charge in [-0.2, -0.15) is 0 Å². The van der Waals surface area contributed by atoms with Crippen molar-refractivity contribution < 1.29 is 13.6 Å². The molecular weight excluding hydrogens is 212 g/mol. The van der Waals surface area contributed by atoms with Crippen molar-refractivity contribution >= 4 is 5.91 Å². The van der Waals surface area contributed by atoms with Gasteiger partial charge in [0.25, 0.3) is 5.91 Å². The molecule has 4 heteroatoms. The van der Waals surface area contributed by atoms with Crippen LogP contribution in [0.5, 0.6) is 0 Å². The van der Waals surface area contributed by atoms with Crippen molar-refractivity contribution in [2.24, 2.45) is 5.92 Å². The third-order valence-corrected chi connectivity index (χ3v) is 2.16. The first kappa shape index (κ1) is 12.6. The zero-order valence-electron chi connectivity index (χ0n) is 9.60. The van der Waals surface area contributed by atoms with Crippen molar-refractivity contribution in [1.29, 1.82) is 0 Å². The van der Waals surface area contributed by atoms with Gasteiger partial charge in [-0.3, -0.25) is 4.79 Å². The monoisotopic (exact) mass is 227 g/mol. The van der Waals surface area contributed by atoms with Gasteiger partial charge in [-0.05, 0) is 24.5 Å². The molecule has 0 aliphatic rings. The van der Waals surface area contributed by atoms with Crippen LogP contribution in [-0.4, -0.2) is 12.5 Å². The lowest BCUT2D eigenvalue weighted by atomic mass is 10.1. The van der Waals surface area contributed by atoms with Crippen LogP contribution in [0.1, 0.15) is 29.8 Å². The van der Waals surface area contributed by atoms with Crippen molar-refractivity contribution in [3.8, 4) is 0 Å². The number of amides is 1. The van der Waals surface area contributed by atoms with Crippen LogP contribution < -0.4 is 5.32 Å². The van der Waals surface area contributed by atoms with E-state index in [0.717, 1.165) is 6.07 Å². The fraction of sp³-hybridized carbons (Fsp3) is 0.417. The largest absolute Gasteiger partial charge is 0.352 e. The number of carbonyl (C=O) groups is 1. The summed E-state index contributed by atoms with van der Waals surface area (Å²) in [6.45, 7) is 5.84. The van der Waals surface area contributed by atoms with Crippen LogP contribution in [0.25, 0.3) is 0 Å². The molecule has 1 amide bonds. The van der Waals surface area contributed by atoms with Crippen molar-refractivity contribution in [3.63, 3.8) is 0 Å². The second kappa shape index (κ2) is 5.05. The molecule has 2 nitrogen and oxygen atoms in total. The molecule has 0 aliphatic carbocycles. The lowest BCUT2D eigenvalue weighted by molar-refractivity contribution is 0.0945. The summed E-state index contributed by atoms with van der Waals surface area (Å²) in [5, 5.41) is 2.58. The van der Waals surface area contributed by atoms with Crippen LogP contribution in [0.15, 0.2) is 12.1 Å². The van der Waals surface area contributed by atoms with E-state index in [2.05, 4.69) is 5.32 Å². The van der Waals surface area contributed by atoms with Gasteiger partial charge in [0.05, 0.1) is 5.56 Å². The topological polar surface area (TPSA) is 29.1 Å². The summed E-state index contributed by atoms with van der Waals surface area (Å²) in [5.41, 5.74) is 0.149. The third kappa shape index (κ3) is 3.02. The predicted octanol–water partition coefficient (Wildman–Crippen LogP) is 2.66. The molecule has 0 bridgehead atoms. The highest BCUT2D eigenvalue weighted by Crippen LogP contribution is 2.14. The van der Waals surface area contributed by atoms with Crippen LogP contribution in [0.4, 0.5) is 8.78 Å². The number of benzene rings is 1. The van der Waals surface area contributed by atoms with Gasteiger partial charge >= 0.3 is 0 Å². The maximum Gasteiger partial charge on any atom is 0.254 e. The maximum atomic E-state index is 13.3. The van der Waals surface area contributed by atoms with E-state index in [1.165, 1.54) is 13.0 Å². The van der Waals surface area contributed by atoms with E-state index < -0.39 is 17.5 Å². The van der Waals surface area contributed by atoms with Crippen LogP contribution in [0.3, 0.4) is 0 Å². The minimum absolute atomic E-state index is 0.112. The summed E-state index contributed by atoms with van der Waals surface area (Å²) in [7, 11) is 0. The van der Waals surface area contributed by atoms with Gasteiger partial charge < -0.3 is 5.32 Å². The van der Waals surface area contributed by atoms with E-state index in [9.17, 15) is 13.6 Å². The molecule has 0 atom stereocenters. The molecule has 0 heterocycles. The Morgan fingerprint density at radius 1 is 1.31 bits per heavy atom. The van der Waals surface area contributed by atoms with Crippen LogP contribution in [0, 0.1) is 24.5 Å². The van der Waals surface area contributed by atoms with E-state index in [4.69, 9.17) is 0 Å². The summed E-state index contributed by atoms with van der Waals surface area (Å²) in [6.07, 6.45) is 0. The van der Waals surface area contributed by atoms with Crippen molar-refractivity contribution in [1.82, 2.24) is 5.32 Å². The second-order valence-corrected chi connectivity index (χ2v) is 4.19.